The summed E-state index contributed by atoms with van der Waals surface area (Å²) in [4.78, 5) is 0. The van der Waals surface area contributed by atoms with Crippen molar-refractivity contribution in [2.24, 2.45) is 0 Å². The van der Waals surface area contributed by atoms with Crippen molar-refractivity contribution in [3.05, 3.63) is 30.3 Å². The van der Waals surface area contributed by atoms with E-state index in [2.05, 4.69) is 0 Å². The third-order valence-electron chi connectivity index (χ3n) is 1.89. The normalized spacial score (nSPS) is 13.7. The molecule has 0 fully saturated rings. The summed E-state index contributed by atoms with van der Waals surface area (Å²) in [6.45, 7) is 1.50. The Bertz CT molecular complexity index is 271. The van der Waals surface area contributed by atoms with Crippen LogP contribution < -0.4 is 4.74 Å². The van der Waals surface area contributed by atoms with Crippen LogP contribution in [0.15, 0.2) is 30.3 Å². The molecule has 0 heterocycles. The summed E-state index contributed by atoms with van der Waals surface area (Å²) in [5, 5.41) is 18.9. The van der Waals surface area contributed by atoms with E-state index in [0.717, 1.165) is 0 Å². The Morgan fingerprint density at radius 3 is 2.29 bits per heavy atom. The highest BCUT2D eigenvalue weighted by atomic mass is 16.8. The minimum absolute atomic E-state index is 0.376. The van der Waals surface area contributed by atoms with Crippen LogP contribution in [0.2, 0.25) is 0 Å². The second-order valence-corrected chi connectivity index (χ2v) is 2.95. The van der Waals surface area contributed by atoms with E-state index in [0.29, 0.717) is 5.75 Å². The number of ether oxygens (including phenoxy) is 2. The van der Waals surface area contributed by atoms with Gasteiger partial charge < -0.3 is 19.7 Å². The first-order valence-corrected chi connectivity index (χ1v) is 4.28. The third-order valence-corrected chi connectivity index (χ3v) is 1.89. The van der Waals surface area contributed by atoms with E-state index in [1.54, 1.807) is 24.3 Å². The molecule has 78 valence electrons. The monoisotopic (exact) mass is 198 g/mol. The molecule has 1 aromatic carbocycles. The molecule has 0 bridgehead atoms. The molecule has 0 spiro atoms. The summed E-state index contributed by atoms with van der Waals surface area (Å²) in [6, 6.07) is 8.54. The lowest BCUT2D eigenvalue weighted by Crippen LogP contribution is -2.47. The van der Waals surface area contributed by atoms with Crippen molar-refractivity contribution >= 4 is 0 Å². The van der Waals surface area contributed by atoms with Gasteiger partial charge in [-0.25, -0.2) is 0 Å². The first-order chi connectivity index (χ1) is 6.56. The molecule has 0 saturated carbocycles. The van der Waals surface area contributed by atoms with E-state index in [-0.39, 0.29) is 0 Å². The molecule has 4 nitrogen and oxygen atoms in total. The predicted octanol–water partition coefficient (Wildman–Crippen LogP) is 0.739. The van der Waals surface area contributed by atoms with Crippen LogP contribution in [0.1, 0.15) is 6.92 Å². The first kappa shape index (κ1) is 11.0. The van der Waals surface area contributed by atoms with Crippen LogP contribution >= 0.6 is 0 Å². The lowest BCUT2D eigenvalue weighted by molar-refractivity contribution is -0.337. The van der Waals surface area contributed by atoms with E-state index < -0.39 is 12.1 Å². The van der Waals surface area contributed by atoms with Crippen LogP contribution in [-0.2, 0) is 4.74 Å². The van der Waals surface area contributed by atoms with E-state index in [9.17, 15) is 10.2 Å². The molecule has 1 unspecified atom stereocenters. The SMILES string of the molecule is COC(C)C(O)(O)Oc1ccccc1. The average molecular weight is 198 g/mol. The molecule has 0 aliphatic rings. The third kappa shape index (κ3) is 2.70. The van der Waals surface area contributed by atoms with Gasteiger partial charge in [0.25, 0.3) is 0 Å². The molecule has 4 heteroatoms. The predicted molar refractivity (Wildman–Crippen MR) is 50.7 cm³/mol. The Labute approximate surface area is 82.7 Å². The molecule has 0 aromatic heterocycles. The Morgan fingerprint density at radius 2 is 1.79 bits per heavy atom. The summed E-state index contributed by atoms with van der Waals surface area (Å²) < 4.78 is 9.70. The van der Waals surface area contributed by atoms with Gasteiger partial charge in [-0.2, -0.15) is 0 Å². The molecule has 0 aliphatic heterocycles. The Kier molecular flexibility index (Phi) is 3.46. The molecule has 0 aliphatic carbocycles. The van der Waals surface area contributed by atoms with Gasteiger partial charge in [0.2, 0.25) is 0 Å². The van der Waals surface area contributed by atoms with Crippen molar-refractivity contribution in [3.8, 4) is 5.75 Å². The van der Waals surface area contributed by atoms with Crippen LogP contribution in [-0.4, -0.2) is 29.4 Å². The van der Waals surface area contributed by atoms with Crippen LogP contribution in [0.25, 0.3) is 0 Å². The zero-order chi connectivity index (χ0) is 10.6. The maximum Gasteiger partial charge on any atom is 0.349 e. The van der Waals surface area contributed by atoms with Crippen LogP contribution in [0.4, 0.5) is 0 Å². The maximum atomic E-state index is 9.44. The van der Waals surface area contributed by atoms with E-state index in [1.165, 1.54) is 14.0 Å². The van der Waals surface area contributed by atoms with Crippen molar-refractivity contribution in [2.45, 2.75) is 19.0 Å². The zero-order valence-corrected chi connectivity index (χ0v) is 8.18. The van der Waals surface area contributed by atoms with Gasteiger partial charge in [0, 0.05) is 7.11 Å². The number of rotatable bonds is 4. The molecule has 1 atom stereocenters. The quantitative estimate of drug-likeness (QED) is 0.700. The second-order valence-electron chi connectivity index (χ2n) is 2.95. The van der Waals surface area contributed by atoms with Crippen molar-refractivity contribution in [3.63, 3.8) is 0 Å². The van der Waals surface area contributed by atoms with E-state index in [1.807, 2.05) is 6.07 Å². The molecule has 0 radical (unpaired) electrons. The van der Waals surface area contributed by atoms with Crippen LogP contribution in [0.3, 0.4) is 0 Å². The number of methoxy groups -OCH3 is 1. The number of hydrogen-bond donors (Lipinski definition) is 2. The minimum Gasteiger partial charge on any atom is -0.437 e. The standard InChI is InChI=1S/C10H14O4/c1-8(13-2)10(11,12)14-9-6-4-3-5-7-9/h3-8,11-12H,1-2H3. The van der Waals surface area contributed by atoms with Gasteiger partial charge in [-0.15, -0.1) is 0 Å². The molecular formula is C10H14O4. The number of aliphatic hydroxyl groups is 2. The van der Waals surface area contributed by atoms with Crippen molar-refractivity contribution < 1.29 is 19.7 Å². The summed E-state index contributed by atoms with van der Waals surface area (Å²) in [6.07, 6.45) is -0.831. The highest BCUT2D eigenvalue weighted by Crippen LogP contribution is 2.18. The highest BCUT2D eigenvalue weighted by Gasteiger charge is 2.34. The molecular weight excluding hydrogens is 184 g/mol. The van der Waals surface area contributed by atoms with Crippen molar-refractivity contribution in [2.75, 3.05) is 7.11 Å². The molecule has 2 N–H and O–H groups in total. The average Bonchev–Trinajstić information content (AvgIpc) is 2.17. The van der Waals surface area contributed by atoms with Crippen LogP contribution in [0, 0.1) is 0 Å². The summed E-state index contributed by atoms with van der Waals surface area (Å²) >= 11 is 0. The smallest absolute Gasteiger partial charge is 0.349 e. The lowest BCUT2D eigenvalue weighted by atomic mass is 10.3. The van der Waals surface area contributed by atoms with Gasteiger partial charge in [0.05, 0.1) is 0 Å². The first-order valence-electron chi connectivity index (χ1n) is 4.28. The topological polar surface area (TPSA) is 58.9 Å². The summed E-state index contributed by atoms with van der Waals surface area (Å²) in [5.41, 5.74) is 0. The fraction of sp³-hybridized carbons (Fsp3) is 0.400. The molecule has 1 aromatic rings. The van der Waals surface area contributed by atoms with Gasteiger partial charge in [-0.05, 0) is 19.1 Å². The Morgan fingerprint density at radius 1 is 1.21 bits per heavy atom. The van der Waals surface area contributed by atoms with Gasteiger partial charge in [0.1, 0.15) is 11.9 Å². The minimum atomic E-state index is -2.31. The highest BCUT2D eigenvalue weighted by molar-refractivity contribution is 5.21. The van der Waals surface area contributed by atoms with Gasteiger partial charge >= 0.3 is 5.97 Å². The Hall–Kier alpha value is -1.10. The largest absolute Gasteiger partial charge is 0.437 e. The van der Waals surface area contributed by atoms with Gasteiger partial charge in [-0.1, -0.05) is 18.2 Å². The summed E-state index contributed by atoms with van der Waals surface area (Å²) in [7, 11) is 1.38. The fourth-order valence-corrected chi connectivity index (χ4v) is 0.898. The van der Waals surface area contributed by atoms with E-state index in [4.69, 9.17) is 9.47 Å². The molecule has 1 rings (SSSR count). The lowest BCUT2D eigenvalue weighted by Gasteiger charge is -2.27. The van der Waals surface area contributed by atoms with Crippen molar-refractivity contribution in [1.29, 1.82) is 0 Å². The summed E-state index contributed by atoms with van der Waals surface area (Å²) in [5.74, 6) is -1.93. The maximum absolute atomic E-state index is 9.44. The molecule has 14 heavy (non-hydrogen) atoms. The Balaban J connectivity index is 2.68. The number of hydrogen-bond acceptors (Lipinski definition) is 4. The van der Waals surface area contributed by atoms with Crippen LogP contribution in [0.5, 0.6) is 5.75 Å². The number of para-hydroxylation sites is 1. The van der Waals surface area contributed by atoms with Crippen molar-refractivity contribution in [1.82, 2.24) is 0 Å². The van der Waals surface area contributed by atoms with Gasteiger partial charge in [0.15, 0.2) is 0 Å². The molecule has 0 saturated heterocycles. The fourth-order valence-electron chi connectivity index (χ4n) is 0.898. The van der Waals surface area contributed by atoms with E-state index >= 15 is 0 Å². The zero-order valence-electron chi connectivity index (χ0n) is 8.18. The second kappa shape index (κ2) is 4.41. The van der Waals surface area contributed by atoms with Gasteiger partial charge in [-0.3, -0.25) is 0 Å². The number of benzene rings is 1. The molecule has 0 amide bonds.